The van der Waals surface area contributed by atoms with Crippen molar-refractivity contribution in [2.24, 2.45) is 0 Å². The molecule has 0 saturated carbocycles. The van der Waals surface area contributed by atoms with Gasteiger partial charge in [0.1, 0.15) is 5.82 Å². The molecule has 0 bridgehead atoms. The average Bonchev–Trinajstić information content (AvgIpc) is 2.85. The van der Waals surface area contributed by atoms with E-state index in [1.54, 1.807) is 0 Å². The summed E-state index contributed by atoms with van der Waals surface area (Å²) >= 11 is 6.10. The summed E-state index contributed by atoms with van der Waals surface area (Å²) in [4.78, 5) is 4.79. The standard InChI is InChI=1S/C18H19ClN2O/c1-3-22-10-9-21-17-8-7-15(19)12-16(17)20-18(21)14-6-4-5-13(2)11-14/h4-8,11-12H,3,9-10H2,1-2H3. The number of ether oxygens (including phenoxy) is 1. The number of imidazole rings is 1. The third kappa shape index (κ3) is 3.01. The van der Waals surface area contributed by atoms with Gasteiger partial charge >= 0.3 is 0 Å². The molecule has 0 amide bonds. The molecule has 1 heterocycles. The first-order chi connectivity index (χ1) is 10.7. The summed E-state index contributed by atoms with van der Waals surface area (Å²) in [5, 5.41) is 0.706. The molecule has 22 heavy (non-hydrogen) atoms. The first-order valence-corrected chi connectivity index (χ1v) is 7.87. The lowest BCUT2D eigenvalue weighted by Crippen LogP contribution is -2.07. The van der Waals surface area contributed by atoms with Crippen LogP contribution in [0.25, 0.3) is 22.4 Å². The van der Waals surface area contributed by atoms with Crippen LogP contribution in [0.15, 0.2) is 42.5 Å². The van der Waals surface area contributed by atoms with Gasteiger partial charge in [0.25, 0.3) is 0 Å². The van der Waals surface area contributed by atoms with Crippen LogP contribution in [0.5, 0.6) is 0 Å². The predicted octanol–water partition coefficient (Wildman–Crippen LogP) is 4.70. The molecule has 0 aliphatic carbocycles. The normalized spacial score (nSPS) is 11.2. The van der Waals surface area contributed by atoms with Crippen molar-refractivity contribution >= 4 is 22.6 Å². The average molecular weight is 315 g/mol. The van der Waals surface area contributed by atoms with Crippen molar-refractivity contribution < 1.29 is 4.74 Å². The van der Waals surface area contributed by atoms with E-state index in [9.17, 15) is 0 Å². The highest BCUT2D eigenvalue weighted by molar-refractivity contribution is 6.31. The van der Waals surface area contributed by atoms with E-state index < -0.39 is 0 Å². The van der Waals surface area contributed by atoms with E-state index in [4.69, 9.17) is 21.3 Å². The maximum absolute atomic E-state index is 6.10. The van der Waals surface area contributed by atoms with E-state index >= 15 is 0 Å². The Balaban J connectivity index is 2.12. The summed E-state index contributed by atoms with van der Waals surface area (Å²) in [7, 11) is 0. The second kappa shape index (κ2) is 6.51. The molecule has 0 unspecified atom stereocenters. The van der Waals surface area contributed by atoms with Gasteiger partial charge in [-0.1, -0.05) is 35.4 Å². The van der Waals surface area contributed by atoms with E-state index in [2.05, 4.69) is 35.8 Å². The molecule has 3 rings (SSSR count). The molecule has 1 aromatic heterocycles. The second-order valence-corrected chi connectivity index (χ2v) is 5.72. The zero-order valence-corrected chi connectivity index (χ0v) is 13.6. The van der Waals surface area contributed by atoms with Gasteiger partial charge in [-0.15, -0.1) is 0 Å². The Morgan fingerprint density at radius 2 is 2.05 bits per heavy atom. The fourth-order valence-corrected chi connectivity index (χ4v) is 2.80. The first kappa shape index (κ1) is 15.1. The lowest BCUT2D eigenvalue weighted by atomic mass is 10.1. The highest BCUT2D eigenvalue weighted by Gasteiger charge is 2.13. The smallest absolute Gasteiger partial charge is 0.141 e. The van der Waals surface area contributed by atoms with Gasteiger partial charge in [0, 0.05) is 23.7 Å². The molecule has 3 nitrogen and oxygen atoms in total. The molecule has 0 aliphatic rings. The molecule has 0 spiro atoms. The van der Waals surface area contributed by atoms with Gasteiger partial charge in [-0.3, -0.25) is 0 Å². The largest absolute Gasteiger partial charge is 0.380 e. The van der Waals surface area contributed by atoms with Crippen molar-refractivity contribution in [3.63, 3.8) is 0 Å². The lowest BCUT2D eigenvalue weighted by molar-refractivity contribution is 0.140. The summed E-state index contributed by atoms with van der Waals surface area (Å²) in [6.45, 7) is 6.26. The van der Waals surface area contributed by atoms with Gasteiger partial charge in [0.2, 0.25) is 0 Å². The van der Waals surface area contributed by atoms with E-state index in [0.29, 0.717) is 11.6 Å². The molecule has 0 aliphatic heterocycles. The van der Waals surface area contributed by atoms with Gasteiger partial charge < -0.3 is 9.30 Å². The number of nitrogens with zero attached hydrogens (tertiary/aromatic N) is 2. The SMILES string of the molecule is CCOCCn1c(-c2cccc(C)c2)nc2cc(Cl)ccc21. The Labute approximate surface area is 135 Å². The minimum Gasteiger partial charge on any atom is -0.380 e. The number of fused-ring (bicyclic) bond motifs is 1. The van der Waals surface area contributed by atoms with Crippen molar-refractivity contribution in [3.8, 4) is 11.4 Å². The van der Waals surface area contributed by atoms with Crippen LogP contribution in [0, 0.1) is 6.92 Å². The molecule has 0 radical (unpaired) electrons. The van der Waals surface area contributed by atoms with Gasteiger partial charge in [0.15, 0.2) is 0 Å². The van der Waals surface area contributed by atoms with Crippen LogP contribution in [0.1, 0.15) is 12.5 Å². The summed E-state index contributed by atoms with van der Waals surface area (Å²) < 4.78 is 7.72. The molecule has 114 valence electrons. The van der Waals surface area contributed by atoms with E-state index in [-0.39, 0.29) is 0 Å². The maximum Gasteiger partial charge on any atom is 0.141 e. The topological polar surface area (TPSA) is 27.1 Å². The highest BCUT2D eigenvalue weighted by atomic mass is 35.5. The molecule has 0 saturated heterocycles. The molecule has 4 heteroatoms. The number of rotatable bonds is 5. The van der Waals surface area contributed by atoms with Crippen molar-refractivity contribution in [2.45, 2.75) is 20.4 Å². The Morgan fingerprint density at radius 1 is 1.18 bits per heavy atom. The number of benzene rings is 2. The first-order valence-electron chi connectivity index (χ1n) is 7.49. The van der Waals surface area contributed by atoms with Crippen LogP contribution in [0.2, 0.25) is 5.02 Å². The van der Waals surface area contributed by atoms with Crippen LogP contribution >= 0.6 is 11.6 Å². The fraction of sp³-hybridized carbons (Fsp3) is 0.278. The van der Waals surface area contributed by atoms with Crippen LogP contribution < -0.4 is 0 Å². The monoisotopic (exact) mass is 314 g/mol. The van der Waals surface area contributed by atoms with Gasteiger partial charge in [-0.2, -0.15) is 0 Å². The van der Waals surface area contributed by atoms with Crippen molar-refractivity contribution in [2.75, 3.05) is 13.2 Å². The zero-order valence-electron chi connectivity index (χ0n) is 12.8. The van der Waals surface area contributed by atoms with E-state index in [0.717, 1.165) is 35.6 Å². The van der Waals surface area contributed by atoms with Crippen molar-refractivity contribution in [1.29, 1.82) is 0 Å². The lowest BCUT2D eigenvalue weighted by Gasteiger charge is -2.10. The van der Waals surface area contributed by atoms with Crippen LogP contribution in [0.3, 0.4) is 0 Å². The van der Waals surface area contributed by atoms with Gasteiger partial charge in [0.05, 0.1) is 17.6 Å². The van der Waals surface area contributed by atoms with E-state index in [1.165, 1.54) is 5.56 Å². The maximum atomic E-state index is 6.10. The third-order valence-corrected chi connectivity index (χ3v) is 3.89. The van der Waals surface area contributed by atoms with Crippen LogP contribution in [-0.4, -0.2) is 22.8 Å². The number of aromatic nitrogens is 2. The van der Waals surface area contributed by atoms with Crippen LogP contribution in [-0.2, 0) is 11.3 Å². The molecule has 0 atom stereocenters. The third-order valence-electron chi connectivity index (χ3n) is 3.65. The van der Waals surface area contributed by atoms with Gasteiger partial charge in [-0.05, 0) is 38.1 Å². The molecule has 3 aromatic rings. The highest BCUT2D eigenvalue weighted by Crippen LogP contribution is 2.27. The quantitative estimate of drug-likeness (QED) is 0.638. The van der Waals surface area contributed by atoms with E-state index in [1.807, 2.05) is 25.1 Å². The number of hydrogen-bond acceptors (Lipinski definition) is 2. The molecular formula is C18H19ClN2O. The summed E-state index contributed by atoms with van der Waals surface area (Å²) in [6, 6.07) is 14.2. The summed E-state index contributed by atoms with van der Waals surface area (Å²) in [5.74, 6) is 0.959. The Hall–Kier alpha value is -1.84. The molecular weight excluding hydrogens is 296 g/mol. The minimum atomic E-state index is 0.670. The number of aryl methyl sites for hydroxylation is 1. The molecule has 0 fully saturated rings. The Kier molecular flexibility index (Phi) is 4.46. The summed E-state index contributed by atoms with van der Waals surface area (Å²) in [6.07, 6.45) is 0. The number of halogens is 1. The summed E-state index contributed by atoms with van der Waals surface area (Å²) in [5.41, 5.74) is 4.34. The Morgan fingerprint density at radius 3 is 2.82 bits per heavy atom. The Bertz CT molecular complexity index is 795. The second-order valence-electron chi connectivity index (χ2n) is 5.29. The van der Waals surface area contributed by atoms with Crippen molar-refractivity contribution in [3.05, 3.63) is 53.1 Å². The zero-order chi connectivity index (χ0) is 15.5. The minimum absolute atomic E-state index is 0.670. The predicted molar refractivity (Wildman–Crippen MR) is 91.4 cm³/mol. The van der Waals surface area contributed by atoms with Gasteiger partial charge in [-0.25, -0.2) is 4.98 Å². The van der Waals surface area contributed by atoms with Crippen molar-refractivity contribution in [1.82, 2.24) is 9.55 Å². The number of hydrogen-bond donors (Lipinski definition) is 0. The molecule has 0 N–H and O–H groups in total. The fourth-order valence-electron chi connectivity index (χ4n) is 2.63. The molecule has 2 aromatic carbocycles. The van der Waals surface area contributed by atoms with Crippen LogP contribution in [0.4, 0.5) is 0 Å².